The molecule has 4 atom stereocenters. The highest BCUT2D eigenvalue weighted by Gasteiger charge is 2.61. The number of fused-ring (bicyclic) bond motifs is 5. The van der Waals surface area contributed by atoms with Crippen LogP contribution in [-0.4, -0.2) is 42.7 Å². The molecular weight excluding hydrogens is 406 g/mol. The molecule has 0 radical (unpaired) electrons. The molecule has 32 heavy (non-hydrogen) atoms. The van der Waals surface area contributed by atoms with E-state index in [9.17, 15) is 9.59 Å². The van der Waals surface area contributed by atoms with Gasteiger partial charge in [-0.3, -0.25) is 14.5 Å². The molecule has 6 nitrogen and oxygen atoms in total. The Morgan fingerprint density at radius 3 is 2.47 bits per heavy atom. The molecule has 0 saturated carbocycles. The van der Waals surface area contributed by atoms with Crippen molar-refractivity contribution in [3.63, 3.8) is 0 Å². The number of esters is 2. The lowest BCUT2D eigenvalue weighted by Crippen LogP contribution is -2.45. The average Bonchev–Trinajstić information content (AvgIpc) is 3.34. The van der Waals surface area contributed by atoms with Gasteiger partial charge in [-0.05, 0) is 29.3 Å². The van der Waals surface area contributed by atoms with Crippen molar-refractivity contribution in [2.24, 2.45) is 5.92 Å². The van der Waals surface area contributed by atoms with Gasteiger partial charge in [0.05, 0.1) is 19.8 Å². The third-order valence-corrected chi connectivity index (χ3v) is 6.42. The molecule has 0 aromatic heterocycles. The van der Waals surface area contributed by atoms with Crippen LogP contribution in [0.2, 0.25) is 0 Å². The van der Waals surface area contributed by atoms with Gasteiger partial charge < -0.3 is 14.2 Å². The number of ether oxygens (including phenoxy) is 3. The summed E-state index contributed by atoms with van der Waals surface area (Å²) in [6, 6.07) is 20.9. The molecule has 0 amide bonds. The number of carbonyl (C=O) groups is 2. The number of benzene rings is 3. The first-order chi connectivity index (χ1) is 15.6. The van der Waals surface area contributed by atoms with Gasteiger partial charge in [0.2, 0.25) is 0 Å². The summed E-state index contributed by atoms with van der Waals surface area (Å²) in [4.78, 5) is 28.2. The summed E-state index contributed by atoms with van der Waals surface area (Å²) in [5.41, 5.74) is 2.05. The van der Waals surface area contributed by atoms with E-state index < -0.39 is 30.0 Å². The number of hydrogen-bond acceptors (Lipinski definition) is 6. The summed E-state index contributed by atoms with van der Waals surface area (Å²) < 4.78 is 16.9. The monoisotopic (exact) mass is 431 g/mol. The molecule has 3 aromatic rings. The molecule has 0 aliphatic carbocycles. The second kappa shape index (κ2) is 8.28. The summed E-state index contributed by atoms with van der Waals surface area (Å²) in [7, 11) is 1.34. The van der Waals surface area contributed by atoms with E-state index in [1.165, 1.54) is 7.11 Å². The largest absolute Gasteiger partial charge is 0.487 e. The van der Waals surface area contributed by atoms with Crippen molar-refractivity contribution in [3.05, 3.63) is 77.9 Å². The second-order valence-electron chi connectivity index (χ2n) is 8.13. The Hall–Kier alpha value is -3.38. The fourth-order valence-corrected chi connectivity index (χ4v) is 5.14. The first-order valence-electron chi connectivity index (χ1n) is 10.9. The molecule has 0 spiro atoms. The van der Waals surface area contributed by atoms with Crippen LogP contribution < -0.4 is 4.74 Å². The second-order valence-corrected chi connectivity index (χ2v) is 8.13. The van der Waals surface area contributed by atoms with Gasteiger partial charge in [-0.15, -0.1) is 0 Å². The summed E-state index contributed by atoms with van der Waals surface area (Å²) in [5, 5.41) is 2.15. The topological polar surface area (TPSA) is 65.1 Å². The minimum Gasteiger partial charge on any atom is -0.487 e. The molecule has 5 rings (SSSR count). The molecule has 0 bridgehead atoms. The Kier molecular flexibility index (Phi) is 5.31. The Bertz CT molecular complexity index is 1160. The highest BCUT2D eigenvalue weighted by molar-refractivity contribution is 5.91. The van der Waals surface area contributed by atoms with Crippen LogP contribution in [0.5, 0.6) is 5.75 Å². The van der Waals surface area contributed by atoms with Gasteiger partial charge in [0, 0.05) is 12.1 Å². The van der Waals surface area contributed by atoms with Crippen molar-refractivity contribution >= 4 is 22.7 Å². The third kappa shape index (κ3) is 3.22. The van der Waals surface area contributed by atoms with Gasteiger partial charge >= 0.3 is 11.9 Å². The van der Waals surface area contributed by atoms with Crippen molar-refractivity contribution in [2.75, 3.05) is 13.7 Å². The minimum absolute atomic E-state index is 0.234. The summed E-state index contributed by atoms with van der Waals surface area (Å²) >= 11 is 0. The maximum absolute atomic E-state index is 13.2. The lowest BCUT2D eigenvalue weighted by molar-refractivity contribution is -0.159. The first kappa shape index (κ1) is 20.5. The number of likely N-dealkylation sites (tertiary alicyclic amines) is 1. The predicted octanol–water partition coefficient (Wildman–Crippen LogP) is 3.88. The van der Waals surface area contributed by atoms with Gasteiger partial charge in [0.25, 0.3) is 0 Å². The Morgan fingerprint density at radius 2 is 1.72 bits per heavy atom. The third-order valence-electron chi connectivity index (χ3n) is 6.42. The van der Waals surface area contributed by atoms with Crippen LogP contribution in [-0.2, 0) is 25.6 Å². The van der Waals surface area contributed by atoms with E-state index in [4.69, 9.17) is 14.2 Å². The zero-order valence-corrected chi connectivity index (χ0v) is 18.1. The normalized spacial score (nSPS) is 23.9. The number of hydrogen-bond donors (Lipinski definition) is 0. The standard InChI is InChI=1S/C26H25NO5/c1-3-31-26(29)23-21(25(28)30-2)24-22(27(23)15-16-9-5-4-6-10-16)20-18-12-8-7-11-17(18)13-14-19(20)32-24/h4-14,21-24H,3,15H2,1-2H3/t21-,22+,23-,24+/m1/s1. The molecule has 3 aromatic carbocycles. The Balaban J connectivity index is 1.68. The average molecular weight is 431 g/mol. The smallest absolute Gasteiger partial charge is 0.324 e. The number of carbonyl (C=O) groups excluding carboxylic acids is 2. The molecule has 1 fully saturated rings. The van der Waals surface area contributed by atoms with Crippen molar-refractivity contribution in [3.8, 4) is 5.75 Å². The molecular formula is C26H25NO5. The quantitative estimate of drug-likeness (QED) is 0.572. The molecule has 2 aliphatic rings. The maximum atomic E-state index is 13.2. The number of nitrogens with zero attached hydrogens (tertiary/aromatic N) is 1. The summed E-state index contributed by atoms with van der Waals surface area (Å²) in [5.74, 6) is -0.948. The summed E-state index contributed by atoms with van der Waals surface area (Å²) in [6.07, 6.45) is -0.540. The van der Waals surface area contributed by atoms with E-state index in [1.54, 1.807) is 6.92 Å². The van der Waals surface area contributed by atoms with Crippen LogP contribution in [0.1, 0.15) is 24.1 Å². The van der Waals surface area contributed by atoms with Crippen molar-refractivity contribution in [2.45, 2.75) is 31.7 Å². The predicted molar refractivity (Wildman–Crippen MR) is 119 cm³/mol. The Labute approximate surface area is 186 Å². The van der Waals surface area contributed by atoms with Gasteiger partial charge in [0.15, 0.2) is 0 Å². The SMILES string of the molecule is CCOC(=O)[C@H]1[C@@H](C(=O)OC)[C@@H]2Oc3ccc4ccccc4c3[C@@H]2N1Cc1ccccc1. The van der Waals surface area contributed by atoms with E-state index in [0.29, 0.717) is 6.54 Å². The van der Waals surface area contributed by atoms with E-state index in [-0.39, 0.29) is 12.6 Å². The fraction of sp³-hybridized carbons (Fsp3) is 0.308. The van der Waals surface area contributed by atoms with Gasteiger partial charge in [0.1, 0.15) is 23.8 Å². The molecule has 164 valence electrons. The van der Waals surface area contributed by atoms with Crippen LogP contribution in [0, 0.1) is 5.92 Å². The van der Waals surface area contributed by atoms with E-state index in [1.807, 2.05) is 54.6 Å². The lowest BCUT2D eigenvalue weighted by Gasteiger charge is -2.29. The lowest BCUT2D eigenvalue weighted by atomic mass is 9.93. The van der Waals surface area contributed by atoms with Gasteiger partial charge in [-0.1, -0.05) is 60.7 Å². The van der Waals surface area contributed by atoms with Crippen LogP contribution in [0.15, 0.2) is 66.7 Å². The van der Waals surface area contributed by atoms with Crippen LogP contribution in [0.3, 0.4) is 0 Å². The molecule has 6 heteroatoms. The Morgan fingerprint density at radius 1 is 0.969 bits per heavy atom. The minimum atomic E-state index is -0.801. The first-order valence-corrected chi connectivity index (χ1v) is 10.9. The van der Waals surface area contributed by atoms with E-state index >= 15 is 0 Å². The van der Waals surface area contributed by atoms with Gasteiger partial charge in [-0.2, -0.15) is 0 Å². The molecule has 2 aliphatic heterocycles. The molecule has 0 N–H and O–H groups in total. The van der Waals surface area contributed by atoms with E-state index in [0.717, 1.165) is 27.6 Å². The molecule has 2 heterocycles. The molecule has 0 unspecified atom stereocenters. The van der Waals surface area contributed by atoms with E-state index in [2.05, 4.69) is 17.0 Å². The van der Waals surface area contributed by atoms with Crippen molar-refractivity contribution in [1.29, 1.82) is 0 Å². The fourth-order valence-electron chi connectivity index (χ4n) is 5.14. The molecule has 1 saturated heterocycles. The van der Waals surface area contributed by atoms with Crippen LogP contribution in [0.4, 0.5) is 0 Å². The number of methoxy groups -OCH3 is 1. The zero-order valence-electron chi connectivity index (χ0n) is 18.1. The van der Waals surface area contributed by atoms with Crippen molar-refractivity contribution in [1.82, 2.24) is 4.90 Å². The summed E-state index contributed by atoms with van der Waals surface area (Å²) in [6.45, 7) is 2.48. The highest BCUT2D eigenvalue weighted by Crippen LogP contribution is 2.53. The van der Waals surface area contributed by atoms with Gasteiger partial charge in [-0.25, -0.2) is 0 Å². The van der Waals surface area contributed by atoms with Crippen LogP contribution in [0.25, 0.3) is 10.8 Å². The zero-order chi connectivity index (χ0) is 22.2. The highest BCUT2D eigenvalue weighted by atomic mass is 16.5. The maximum Gasteiger partial charge on any atom is 0.324 e. The van der Waals surface area contributed by atoms with Crippen molar-refractivity contribution < 1.29 is 23.8 Å². The van der Waals surface area contributed by atoms with Crippen LogP contribution >= 0.6 is 0 Å². The number of rotatable bonds is 5.